The number of carbonyl (C=O) groups is 1. The fourth-order valence-electron chi connectivity index (χ4n) is 2.46. The Bertz CT molecular complexity index is 623. The van der Waals surface area contributed by atoms with E-state index in [1.807, 2.05) is 0 Å². The molecule has 7 nitrogen and oxygen atoms in total. The molecule has 0 aliphatic carbocycles. The van der Waals surface area contributed by atoms with Crippen LogP contribution in [0.1, 0.15) is 10.4 Å². The summed E-state index contributed by atoms with van der Waals surface area (Å²) in [5.74, 6) is 0.590. The van der Waals surface area contributed by atoms with E-state index in [4.69, 9.17) is 4.74 Å². The summed E-state index contributed by atoms with van der Waals surface area (Å²) in [5, 5.41) is 2.87. The number of carbonyl (C=O) groups excluding carboxylic acids is 1. The van der Waals surface area contributed by atoms with Gasteiger partial charge in [0.1, 0.15) is 5.75 Å². The topological polar surface area (TPSA) is 79.0 Å². The molecule has 1 aromatic rings. The van der Waals surface area contributed by atoms with Crippen LogP contribution < -0.4 is 10.1 Å². The largest absolute Gasteiger partial charge is 0.497 e. The Morgan fingerprint density at radius 1 is 1.17 bits per heavy atom. The average Bonchev–Trinajstić information content (AvgIpc) is 2.54. The highest BCUT2D eigenvalue weighted by atomic mass is 32.2. The number of piperazine rings is 1. The van der Waals surface area contributed by atoms with Crippen molar-refractivity contribution in [1.82, 2.24) is 14.5 Å². The Morgan fingerprint density at radius 2 is 1.78 bits per heavy atom. The fraction of sp³-hybridized carbons (Fsp3) is 0.533. The number of amides is 1. The predicted octanol–water partition coefficient (Wildman–Crippen LogP) is 0.00220. The number of rotatable bonds is 6. The quantitative estimate of drug-likeness (QED) is 0.788. The molecule has 0 aromatic heterocycles. The average molecular weight is 341 g/mol. The first-order chi connectivity index (χ1) is 10.9. The molecular weight excluding hydrogens is 318 g/mol. The number of ether oxygens (including phenoxy) is 1. The maximum absolute atomic E-state index is 12.0. The highest BCUT2D eigenvalue weighted by Gasteiger charge is 2.22. The molecule has 1 heterocycles. The molecule has 1 aliphatic rings. The lowest BCUT2D eigenvalue weighted by Crippen LogP contribution is -2.49. The van der Waals surface area contributed by atoms with Crippen LogP contribution in [0.5, 0.6) is 5.75 Å². The molecule has 0 unspecified atom stereocenters. The maximum Gasteiger partial charge on any atom is 0.251 e. The summed E-state index contributed by atoms with van der Waals surface area (Å²) in [5.41, 5.74) is 0.590. The zero-order chi connectivity index (χ0) is 16.9. The minimum Gasteiger partial charge on any atom is -0.497 e. The summed E-state index contributed by atoms with van der Waals surface area (Å²) >= 11 is 0. The highest BCUT2D eigenvalue weighted by Crippen LogP contribution is 2.11. The normalized spacial score (nSPS) is 17.0. The number of methoxy groups -OCH3 is 1. The van der Waals surface area contributed by atoms with Crippen molar-refractivity contribution < 1.29 is 17.9 Å². The monoisotopic (exact) mass is 341 g/mol. The number of hydrogen-bond donors (Lipinski definition) is 1. The Labute approximate surface area is 137 Å². The van der Waals surface area contributed by atoms with Crippen LogP contribution in [0, 0.1) is 0 Å². The van der Waals surface area contributed by atoms with Crippen LogP contribution in [0.2, 0.25) is 0 Å². The third-order valence-corrected chi connectivity index (χ3v) is 5.17. The van der Waals surface area contributed by atoms with Gasteiger partial charge in [-0.25, -0.2) is 8.42 Å². The Balaban J connectivity index is 1.72. The lowest BCUT2D eigenvalue weighted by Gasteiger charge is -2.33. The smallest absolute Gasteiger partial charge is 0.251 e. The second-order valence-corrected chi connectivity index (χ2v) is 7.47. The summed E-state index contributed by atoms with van der Waals surface area (Å²) in [4.78, 5) is 14.2. The lowest BCUT2D eigenvalue weighted by molar-refractivity contribution is 0.0945. The van der Waals surface area contributed by atoms with E-state index >= 15 is 0 Å². The number of benzene rings is 1. The van der Waals surface area contributed by atoms with E-state index in [1.165, 1.54) is 10.6 Å². The van der Waals surface area contributed by atoms with Gasteiger partial charge in [0.15, 0.2) is 0 Å². The van der Waals surface area contributed by atoms with Crippen LogP contribution >= 0.6 is 0 Å². The van der Waals surface area contributed by atoms with E-state index < -0.39 is 10.0 Å². The van der Waals surface area contributed by atoms with E-state index in [0.717, 1.165) is 0 Å². The van der Waals surface area contributed by atoms with Gasteiger partial charge < -0.3 is 10.1 Å². The summed E-state index contributed by atoms with van der Waals surface area (Å²) in [6, 6.07) is 6.94. The SMILES string of the molecule is COc1ccc(C(=O)NCCN2CCN(S(C)(=O)=O)CC2)cc1. The molecule has 2 rings (SSSR count). The zero-order valence-electron chi connectivity index (χ0n) is 13.5. The van der Waals surface area contributed by atoms with Crippen molar-refractivity contribution in [2.75, 3.05) is 52.6 Å². The third-order valence-electron chi connectivity index (χ3n) is 3.87. The van der Waals surface area contributed by atoms with Crippen molar-refractivity contribution in [3.05, 3.63) is 29.8 Å². The molecule has 0 radical (unpaired) electrons. The standard InChI is InChI=1S/C15H23N3O4S/c1-22-14-5-3-13(4-6-14)15(19)16-7-8-17-9-11-18(12-10-17)23(2,20)21/h3-6H,7-12H2,1-2H3,(H,16,19). The molecular formula is C15H23N3O4S. The van der Waals surface area contributed by atoms with Crippen LogP contribution in [0.25, 0.3) is 0 Å². The van der Waals surface area contributed by atoms with Gasteiger partial charge >= 0.3 is 0 Å². The predicted molar refractivity (Wildman–Crippen MR) is 88.2 cm³/mol. The molecule has 0 atom stereocenters. The fourth-order valence-corrected chi connectivity index (χ4v) is 3.28. The van der Waals surface area contributed by atoms with Crippen LogP contribution in [0.15, 0.2) is 24.3 Å². The first-order valence-corrected chi connectivity index (χ1v) is 9.35. The zero-order valence-corrected chi connectivity index (χ0v) is 14.3. The summed E-state index contributed by atoms with van der Waals surface area (Å²) in [7, 11) is -1.52. The molecule has 1 aliphatic heterocycles. The molecule has 128 valence electrons. The van der Waals surface area contributed by atoms with Gasteiger partial charge in [-0.2, -0.15) is 4.31 Å². The van der Waals surface area contributed by atoms with Crippen LogP contribution in [-0.2, 0) is 10.0 Å². The molecule has 23 heavy (non-hydrogen) atoms. The van der Waals surface area contributed by atoms with Crippen molar-refractivity contribution in [3.63, 3.8) is 0 Å². The third kappa shape index (κ3) is 5.19. The van der Waals surface area contributed by atoms with E-state index in [2.05, 4.69) is 10.2 Å². The van der Waals surface area contributed by atoms with Crippen molar-refractivity contribution >= 4 is 15.9 Å². The van der Waals surface area contributed by atoms with E-state index in [-0.39, 0.29) is 5.91 Å². The first kappa shape index (κ1) is 17.7. The highest BCUT2D eigenvalue weighted by molar-refractivity contribution is 7.88. The summed E-state index contributed by atoms with van der Waals surface area (Å²) in [6.45, 7) is 3.62. The van der Waals surface area contributed by atoms with Gasteiger partial charge in [0, 0.05) is 44.8 Å². The molecule has 0 bridgehead atoms. The molecule has 8 heteroatoms. The van der Waals surface area contributed by atoms with Gasteiger partial charge in [-0.05, 0) is 24.3 Å². The summed E-state index contributed by atoms with van der Waals surface area (Å²) < 4.78 is 29.4. The van der Waals surface area contributed by atoms with Gasteiger partial charge in [0.25, 0.3) is 5.91 Å². The number of sulfonamides is 1. The van der Waals surface area contributed by atoms with Crippen molar-refractivity contribution in [2.45, 2.75) is 0 Å². The minimum atomic E-state index is -3.10. The Kier molecular flexibility index (Phi) is 5.97. The second kappa shape index (κ2) is 7.76. The Hall–Kier alpha value is -1.64. The lowest BCUT2D eigenvalue weighted by atomic mass is 10.2. The second-order valence-electron chi connectivity index (χ2n) is 5.49. The van der Waals surface area contributed by atoms with Crippen molar-refractivity contribution in [1.29, 1.82) is 0 Å². The van der Waals surface area contributed by atoms with Gasteiger partial charge in [-0.3, -0.25) is 9.69 Å². The minimum absolute atomic E-state index is 0.123. The molecule has 1 amide bonds. The molecule has 0 spiro atoms. The van der Waals surface area contributed by atoms with Gasteiger partial charge in [-0.1, -0.05) is 0 Å². The first-order valence-electron chi connectivity index (χ1n) is 7.50. The maximum atomic E-state index is 12.0. The molecule has 1 aromatic carbocycles. The molecule has 1 N–H and O–H groups in total. The van der Waals surface area contributed by atoms with Crippen LogP contribution in [0.3, 0.4) is 0 Å². The van der Waals surface area contributed by atoms with Crippen molar-refractivity contribution in [3.8, 4) is 5.75 Å². The number of hydrogen-bond acceptors (Lipinski definition) is 5. The molecule has 1 saturated heterocycles. The van der Waals surface area contributed by atoms with Crippen LogP contribution in [0.4, 0.5) is 0 Å². The number of nitrogens with zero attached hydrogens (tertiary/aromatic N) is 2. The van der Waals surface area contributed by atoms with Crippen LogP contribution in [-0.4, -0.2) is 76.2 Å². The van der Waals surface area contributed by atoms with E-state index in [9.17, 15) is 13.2 Å². The molecule has 0 saturated carbocycles. The van der Waals surface area contributed by atoms with Crippen molar-refractivity contribution in [2.24, 2.45) is 0 Å². The summed E-state index contributed by atoms with van der Waals surface area (Å²) in [6.07, 6.45) is 1.23. The number of nitrogens with one attached hydrogen (secondary N) is 1. The Morgan fingerprint density at radius 3 is 2.30 bits per heavy atom. The van der Waals surface area contributed by atoms with E-state index in [0.29, 0.717) is 50.6 Å². The van der Waals surface area contributed by atoms with E-state index in [1.54, 1.807) is 31.4 Å². The molecule has 1 fully saturated rings. The van der Waals surface area contributed by atoms with Gasteiger partial charge in [0.2, 0.25) is 10.0 Å². The van der Waals surface area contributed by atoms with Gasteiger partial charge in [-0.15, -0.1) is 0 Å². The van der Waals surface area contributed by atoms with Gasteiger partial charge in [0.05, 0.1) is 13.4 Å².